The molecule has 0 unspecified atom stereocenters. The van der Waals surface area contributed by atoms with Crippen LogP contribution in [0.4, 0.5) is 0 Å². The summed E-state index contributed by atoms with van der Waals surface area (Å²) in [6.45, 7) is 5.36. The Bertz CT molecular complexity index is 1280. The molecule has 0 heterocycles. The van der Waals surface area contributed by atoms with E-state index in [2.05, 4.69) is 51.9 Å². The maximum absolute atomic E-state index is 9.29. The number of hydrogen-bond acceptors (Lipinski definition) is 6. The van der Waals surface area contributed by atoms with E-state index in [9.17, 15) is 15.6 Å². The van der Waals surface area contributed by atoms with Crippen LogP contribution in [0, 0.1) is 0 Å². The van der Waals surface area contributed by atoms with Crippen LogP contribution in [0.3, 0.4) is 0 Å². The molecular formula is C26H23N3O3. The second-order valence-electron chi connectivity index (χ2n) is 8.45. The first-order valence-electron chi connectivity index (χ1n) is 10.5. The first-order chi connectivity index (χ1) is 15.5. The Labute approximate surface area is 185 Å². The molecule has 0 radical (unpaired) electrons. The molecule has 2 bridgehead atoms. The lowest BCUT2D eigenvalue weighted by molar-refractivity contribution is 0.319. The quantitative estimate of drug-likeness (QED) is 0.209. The van der Waals surface area contributed by atoms with Crippen LogP contribution in [-0.2, 0) is 0 Å². The van der Waals surface area contributed by atoms with E-state index >= 15 is 0 Å². The van der Waals surface area contributed by atoms with Crippen molar-refractivity contribution in [3.63, 3.8) is 0 Å². The van der Waals surface area contributed by atoms with Crippen LogP contribution < -0.4 is 0 Å². The molecule has 6 heteroatoms. The Kier molecular flexibility index (Phi) is 4.59. The highest BCUT2D eigenvalue weighted by Gasteiger charge is 2.41. The van der Waals surface area contributed by atoms with Crippen LogP contribution in [0.25, 0.3) is 0 Å². The van der Waals surface area contributed by atoms with Crippen molar-refractivity contribution in [3.8, 4) is 0 Å². The maximum atomic E-state index is 9.29. The van der Waals surface area contributed by atoms with Crippen molar-refractivity contribution >= 4 is 17.1 Å². The first kappa shape index (κ1) is 20.0. The fourth-order valence-electron chi connectivity index (χ4n) is 5.12. The van der Waals surface area contributed by atoms with Gasteiger partial charge in [-0.3, -0.25) is 0 Å². The van der Waals surface area contributed by atoms with Gasteiger partial charge in [0, 0.05) is 11.8 Å². The summed E-state index contributed by atoms with van der Waals surface area (Å²) >= 11 is 0. The first-order valence-corrected chi connectivity index (χ1v) is 10.5. The largest absolute Gasteiger partial charge is 0.411 e. The highest BCUT2D eigenvalue weighted by Crippen LogP contribution is 2.56. The summed E-state index contributed by atoms with van der Waals surface area (Å²) in [6.07, 6.45) is 0. The standard InChI is InChI=1S/C26H23N3O3/c1-13(27-30)16-6-9-21-22(10-16)25-19-7-4-17(14(2)28-31)11-23(19)26(21)24-12-18(15(3)29-32)5-8-20(24)25/h4-12,25-26,30-32H,1-3H3/b27-13+,28-14+,29-15+. The summed E-state index contributed by atoms with van der Waals surface area (Å²) in [5.41, 5.74) is 11.6. The average Bonchev–Trinajstić information content (AvgIpc) is 2.85. The van der Waals surface area contributed by atoms with Crippen molar-refractivity contribution in [2.45, 2.75) is 32.6 Å². The van der Waals surface area contributed by atoms with Crippen molar-refractivity contribution < 1.29 is 15.6 Å². The average molecular weight is 425 g/mol. The molecule has 3 N–H and O–H groups in total. The minimum absolute atomic E-state index is 0.00157. The number of benzene rings is 3. The Hall–Kier alpha value is -3.93. The normalized spacial score (nSPS) is 19.4. The molecule has 32 heavy (non-hydrogen) atoms. The van der Waals surface area contributed by atoms with Gasteiger partial charge in [0.2, 0.25) is 0 Å². The second-order valence-corrected chi connectivity index (χ2v) is 8.45. The summed E-state index contributed by atoms with van der Waals surface area (Å²) in [4.78, 5) is 0. The fraction of sp³-hybridized carbons (Fsp3) is 0.192. The molecule has 3 aromatic carbocycles. The molecule has 6 nitrogen and oxygen atoms in total. The molecule has 0 saturated heterocycles. The van der Waals surface area contributed by atoms with Crippen molar-refractivity contribution in [2.75, 3.05) is 0 Å². The molecule has 0 atom stereocenters. The van der Waals surface area contributed by atoms with Crippen LogP contribution >= 0.6 is 0 Å². The van der Waals surface area contributed by atoms with Gasteiger partial charge in [-0.25, -0.2) is 0 Å². The minimum atomic E-state index is -0.00157. The summed E-state index contributed by atoms with van der Waals surface area (Å²) in [6, 6.07) is 18.7. The lowest BCUT2D eigenvalue weighted by atomic mass is 9.60. The van der Waals surface area contributed by atoms with E-state index in [1.165, 1.54) is 33.4 Å². The molecule has 160 valence electrons. The Morgan fingerprint density at radius 2 is 0.781 bits per heavy atom. The molecule has 3 aliphatic rings. The summed E-state index contributed by atoms with van der Waals surface area (Å²) in [5, 5.41) is 38.0. The number of hydrogen-bond donors (Lipinski definition) is 3. The predicted molar refractivity (Wildman–Crippen MR) is 123 cm³/mol. The predicted octanol–water partition coefficient (Wildman–Crippen LogP) is 5.27. The smallest absolute Gasteiger partial charge is 0.0837 e. The van der Waals surface area contributed by atoms with Crippen LogP contribution in [0.2, 0.25) is 0 Å². The third kappa shape index (κ3) is 2.76. The topological polar surface area (TPSA) is 97.8 Å². The van der Waals surface area contributed by atoms with E-state index in [4.69, 9.17) is 0 Å². The van der Waals surface area contributed by atoms with Gasteiger partial charge >= 0.3 is 0 Å². The molecule has 0 aromatic heterocycles. The van der Waals surface area contributed by atoms with E-state index in [-0.39, 0.29) is 11.8 Å². The lowest BCUT2D eigenvalue weighted by Gasteiger charge is -2.42. The van der Waals surface area contributed by atoms with Crippen LogP contribution in [0.15, 0.2) is 70.1 Å². The Balaban J connectivity index is 1.79. The lowest BCUT2D eigenvalue weighted by Crippen LogP contribution is -2.28. The van der Waals surface area contributed by atoms with Crippen LogP contribution in [0.5, 0.6) is 0 Å². The molecular weight excluding hydrogens is 402 g/mol. The minimum Gasteiger partial charge on any atom is -0.411 e. The molecule has 0 amide bonds. The van der Waals surface area contributed by atoms with E-state index in [0.717, 1.165) is 16.7 Å². The Morgan fingerprint density at radius 1 is 0.500 bits per heavy atom. The van der Waals surface area contributed by atoms with Crippen molar-refractivity contribution in [1.29, 1.82) is 0 Å². The molecule has 0 saturated carbocycles. The number of nitrogens with zero attached hydrogens (tertiary/aromatic N) is 3. The zero-order valence-electron chi connectivity index (χ0n) is 18.0. The zero-order chi connectivity index (χ0) is 22.6. The van der Waals surface area contributed by atoms with Gasteiger partial charge in [0.15, 0.2) is 0 Å². The SMILES string of the molecule is C/C(=N\O)c1ccc2c(c1)C1c3ccc(/C(C)=N/O)cc3C2c2cc(/C(C)=N/O)ccc21. The van der Waals surface area contributed by atoms with Gasteiger partial charge in [-0.1, -0.05) is 51.9 Å². The van der Waals surface area contributed by atoms with E-state index in [1.807, 2.05) is 18.2 Å². The van der Waals surface area contributed by atoms with Gasteiger partial charge in [0.05, 0.1) is 17.1 Å². The van der Waals surface area contributed by atoms with Gasteiger partial charge in [0.25, 0.3) is 0 Å². The van der Waals surface area contributed by atoms with Gasteiger partial charge in [-0.2, -0.15) is 0 Å². The summed E-state index contributed by atoms with van der Waals surface area (Å²) in [7, 11) is 0. The Morgan fingerprint density at radius 3 is 1.06 bits per heavy atom. The second kappa shape index (κ2) is 7.34. The number of oxime groups is 3. The molecule has 0 fully saturated rings. The van der Waals surface area contributed by atoms with Gasteiger partial charge in [-0.05, 0) is 89.0 Å². The summed E-state index contributed by atoms with van der Waals surface area (Å²) in [5.74, 6) is 0.0330. The third-order valence-electron chi connectivity index (χ3n) is 6.83. The van der Waals surface area contributed by atoms with Crippen LogP contribution in [-0.4, -0.2) is 32.8 Å². The molecule has 3 aliphatic carbocycles. The fourth-order valence-corrected chi connectivity index (χ4v) is 5.12. The van der Waals surface area contributed by atoms with E-state index in [1.54, 1.807) is 20.8 Å². The van der Waals surface area contributed by atoms with Gasteiger partial charge in [0.1, 0.15) is 0 Å². The molecule has 0 spiro atoms. The molecule has 3 aromatic rings. The molecule has 6 rings (SSSR count). The van der Waals surface area contributed by atoms with Crippen molar-refractivity contribution in [3.05, 3.63) is 105 Å². The van der Waals surface area contributed by atoms with E-state index in [0.29, 0.717) is 17.1 Å². The molecule has 0 aliphatic heterocycles. The van der Waals surface area contributed by atoms with E-state index < -0.39 is 0 Å². The highest BCUT2D eigenvalue weighted by molar-refractivity contribution is 6.00. The van der Waals surface area contributed by atoms with Gasteiger partial charge < -0.3 is 15.6 Å². The van der Waals surface area contributed by atoms with Crippen molar-refractivity contribution in [2.24, 2.45) is 15.5 Å². The van der Waals surface area contributed by atoms with Crippen LogP contribution in [0.1, 0.15) is 82.7 Å². The van der Waals surface area contributed by atoms with Crippen molar-refractivity contribution in [1.82, 2.24) is 0 Å². The monoisotopic (exact) mass is 425 g/mol. The maximum Gasteiger partial charge on any atom is 0.0837 e. The number of rotatable bonds is 3. The van der Waals surface area contributed by atoms with Gasteiger partial charge in [-0.15, -0.1) is 0 Å². The third-order valence-corrected chi connectivity index (χ3v) is 6.83. The zero-order valence-corrected chi connectivity index (χ0v) is 18.0. The highest BCUT2D eigenvalue weighted by atomic mass is 16.4. The summed E-state index contributed by atoms with van der Waals surface area (Å²) < 4.78 is 0.